The molecule has 0 aliphatic heterocycles. The zero-order valence-electron chi connectivity index (χ0n) is 13.1. The molecule has 7 unspecified atom stereocenters. The molecule has 0 aromatic carbocycles. The van der Waals surface area contributed by atoms with Crippen LogP contribution in [0.1, 0.15) is 39.5 Å². The van der Waals surface area contributed by atoms with Gasteiger partial charge in [0, 0.05) is 12.3 Å². The molecule has 0 aromatic heterocycles. The molecular weight excluding hydrogens is 300 g/mol. The molecule has 3 saturated carbocycles. The molecule has 0 aromatic rings. The second kappa shape index (κ2) is 4.44. The first kappa shape index (κ1) is 14.9. The molecule has 7 atom stereocenters. The largest absolute Gasteiger partial charge is 0.299 e. The molecule has 1 N–H and O–H groups in total. The zero-order chi connectivity index (χ0) is 15.9. The van der Waals surface area contributed by atoms with Crippen LogP contribution in [0.5, 0.6) is 0 Å². The third-order valence-electron chi connectivity index (χ3n) is 6.98. The van der Waals surface area contributed by atoms with Crippen molar-refractivity contribution in [3.8, 4) is 0 Å². The van der Waals surface area contributed by atoms with E-state index in [1.54, 1.807) is 0 Å². The summed E-state index contributed by atoms with van der Waals surface area (Å²) in [7, 11) is -4.20. The van der Waals surface area contributed by atoms with Gasteiger partial charge in [-0.25, -0.2) is 0 Å². The highest BCUT2D eigenvalue weighted by Gasteiger charge is 2.62. The summed E-state index contributed by atoms with van der Waals surface area (Å²) in [5, 5.41) is 0. The van der Waals surface area contributed by atoms with E-state index in [-0.39, 0.29) is 18.1 Å². The van der Waals surface area contributed by atoms with Crippen molar-refractivity contribution in [1.82, 2.24) is 0 Å². The van der Waals surface area contributed by atoms with Gasteiger partial charge in [0.15, 0.2) is 0 Å². The van der Waals surface area contributed by atoms with E-state index in [0.29, 0.717) is 23.7 Å². The molecular formula is C17H24O4S. The Labute approximate surface area is 132 Å². The molecule has 0 amide bonds. The summed E-state index contributed by atoms with van der Waals surface area (Å²) in [6.45, 7) is 2.88. The molecule has 22 heavy (non-hydrogen) atoms. The van der Waals surface area contributed by atoms with E-state index in [9.17, 15) is 17.8 Å². The average molecular weight is 324 g/mol. The Hall–Kier alpha value is -0.680. The Bertz CT molecular complexity index is 648. The minimum Gasteiger partial charge on any atom is -0.299 e. The summed E-state index contributed by atoms with van der Waals surface area (Å²) in [4.78, 5) is 12.7. The fourth-order valence-corrected chi connectivity index (χ4v) is 6.35. The number of hydrogen-bond acceptors (Lipinski definition) is 3. The van der Waals surface area contributed by atoms with Crippen LogP contribution in [0.4, 0.5) is 0 Å². The van der Waals surface area contributed by atoms with Crippen LogP contribution in [-0.4, -0.2) is 23.5 Å². The first-order valence-corrected chi connectivity index (χ1v) is 9.81. The van der Waals surface area contributed by atoms with Gasteiger partial charge >= 0.3 is 0 Å². The van der Waals surface area contributed by atoms with E-state index in [0.717, 1.165) is 24.7 Å². The Morgan fingerprint density at radius 2 is 1.77 bits per heavy atom. The number of carbonyl (C=O) groups excluding carboxylic acids is 1. The number of hydrogen-bond donors (Lipinski definition) is 1. The molecule has 0 spiro atoms. The van der Waals surface area contributed by atoms with E-state index in [1.165, 1.54) is 20.3 Å². The lowest BCUT2D eigenvalue weighted by atomic mass is 9.68. The molecule has 4 aliphatic carbocycles. The molecule has 4 nitrogen and oxygen atoms in total. The second-order valence-corrected chi connectivity index (χ2v) is 10.5. The smallest absolute Gasteiger partial charge is 0.270 e. The molecule has 0 saturated heterocycles. The third kappa shape index (κ3) is 1.91. The van der Waals surface area contributed by atoms with E-state index < -0.39 is 14.9 Å². The molecule has 3 fully saturated rings. The van der Waals surface area contributed by atoms with Gasteiger partial charge in [-0.1, -0.05) is 12.2 Å². The highest BCUT2D eigenvalue weighted by atomic mass is 32.2. The van der Waals surface area contributed by atoms with Crippen LogP contribution in [-0.2, 0) is 14.9 Å². The van der Waals surface area contributed by atoms with Gasteiger partial charge in [-0.05, 0) is 68.6 Å². The van der Waals surface area contributed by atoms with Crippen LogP contribution < -0.4 is 0 Å². The van der Waals surface area contributed by atoms with Gasteiger partial charge in [-0.2, -0.15) is 8.42 Å². The van der Waals surface area contributed by atoms with Gasteiger partial charge in [0.2, 0.25) is 0 Å². The average Bonchev–Trinajstić information content (AvgIpc) is 3.15. The monoisotopic (exact) mass is 324 g/mol. The number of fused-ring (bicyclic) bond motifs is 9. The molecule has 4 bridgehead atoms. The van der Waals surface area contributed by atoms with Crippen molar-refractivity contribution in [2.75, 3.05) is 0 Å². The van der Waals surface area contributed by atoms with Gasteiger partial charge in [-0.15, -0.1) is 0 Å². The van der Waals surface area contributed by atoms with Gasteiger partial charge in [0.1, 0.15) is 5.78 Å². The lowest BCUT2D eigenvalue weighted by Crippen LogP contribution is -2.39. The lowest BCUT2D eigenvalue weighted by molar-refractivity contribution is -0.126. The van der Waals surface area contributed by atoms with E-state index in [2.05, 4.69) is 12.2 Å². The Morgan fingerprint density at radius 1 is 1.14 bits per heavy atom. The number of Topliss-reactive ketones (excluding diaryl/α,β-unsaturated/α-hetero) is 1. The summed E-state index contributed by atoms with van der Waals surface area (Å²) in [5.74, 6) is 3.96. The first-order valence-electron chi connectivity index (χ1n) is 8.37. The molecule has 4 aliphatic rings. The molecule has 5 heteroatoms. The maximum absolute atomic E-state index is 12.7. The topological polar surface area (TPSA) is 71.4 Å². The number of allylic oxidation sites excluding steroid dienone is 2. The molecule has 0 radical (unpaired) electrons. The quantitative estimate of drug-likeness (QED) is 0.490. The van der Waals surface area contributed by atoms with Gasteiger partial charge in [-0.3, -0.25) is 9.35 Å². The number of ketones is 1. The van der Waals surface area contributed by atoms with Crippen molar-refractivity contribution in [2.24, 2.45) is 41.4 Å². The summed E-state index contributed by atoms with van der Waals surface area (Å²) in [6.07, 6.45) is 8.00. The van der Waals surface area contributed by atoms with E-state index >= 15 is 0 Å². The van der Waals surface area contributed by atoms with Crippen LogP contribution >= 0.6 is 0 Å². The van der Waals surface area contributed by atoms with E-state index in [4.69, 9.17) is 0 Å². The number of rotatable bonds is 4. The highest BCUT2D eigenvalue weighted by molar-refractivity contribution is 7.87. The summed E-state index contributed by atoms with van der Waals surface area (Å²) in [6, 6.07) is 0. The fourth-order valence-electron chi connectivity index (χ4n) is 6.03. The minimum absolute atomic E-state index is 0.0139. The van der Waals surface area contributed by atoms with Crippen molar-refractivity contribution in [3.05, 3.63) is 12.2 Å². The number of carbonyl (C=O) groups is 1. The van der Waals surface area contributed by atoms with Crippen LogP contribution in [0, 0.1) is 41.4 Å². The Balaban J connectivity index is 1.52. The lowest BCUT2D eigenvalue weighted by Gasteiger charge is -2.36. The van der Waals surface area contributed by atoms with E-state index in [1.807, 2.05) is 0 Å². The predicted molar refractivity (Wildman–Crippen MR) is 82.7 cm³/mol. The SMILES string of the molecule is CC(C)(CC(=O)C1CC2CC1C1C3C=CC(C3)C21)S(=O)(=O)O. The molecule has 4 rings (SSSR count). The third-order valence-corrected chi connectivity index (χ3v) is 8.52. The summed E-state index contributed by atoms with van der Waals surface area (Å²) in [5.41, 5.74) is 0. The van der Waals surface area contributed by atoms with Crippen molar-refractivity contribution in [1.29, 1.82) is 0 Å². The first-order chi connectivity index (χ1) is 10.2. The fraction of sp³-hybridized carbons (Fsp3) is 0.824. The maximum Gasteiger partial charge on any atom is 0.270 e. The predicted octanol–water partition coefficient (Wildman–Crippen LogP) is 2.71. The zero-order valence-corrected chi connectivity index (χ0v) is 13.9. The van der Waals surface area contributed by atoms with Crippen molar-refractivity contribution >= 4 is 15.9 Å². The van der Waals surface area contributed by atoms with Crippen molar-refractivity contribution in [2.45, 2.75) is 44.3 Å². The van der Waals surface area contributed by atoms with Crippen LogP contribution in [0.25, 0.3) is 0 Å². The standard InChI is InChI=1S/C17H24O4S/c1-17(2,22(19,20)21)8-14(18)12-6-11-7-13(12)16-10-4-3-9(5-10)15(11)16/h3-4,9-13,15-16H,5-8H2,1-2H3,(H,19,20,21). The Morgan fingerprint density at radius 3 is 2.41 bits per heavy atom. The normalized spacial score (nSPS) is 45.5. The summed E-state index contributed by atoms with van der Waals surface area (Å²) >= 11 is 0. The highest BCUT2D eigenvalue weighted by Crippen LogP contribution is 2.67. The van der Waals surface area contributed by atoms with Crippen molar-refractivity contribution < 1.29 is 17.8 Å². The van der Waals surface area contributed by atoms with Crippen LogP contribution in [0.15, 0.2) is 12.2 Å². The van der Waals surface area contributed by atoms with Crippen LogP contribution in [0.2, 0.25) is 0 Å². The van der Waals surface area contributed by atoms with Crippen molar-refractivity contribution in [3.63, 3.8) is 0 Å². The van der Waals surface area contributed by atoms with Crippen LogP contribution in [0.3, 0.4) is 0 Å². The Kier molecular flexibility index (Phi) is 3.01. The minimum atomic E-state index is -4.20. The van der Waals surface area contributed by atoms with Gasteiger partial charge in [0.25, 0.3) is 10.1 Å². The summed E-state index contributed by atoms with van der Waals surface area (Å²) < 4.78 is 30.8. The maximum atomic E-state index is 12.7. The van der Waals surface area contributed by atoms with Gasteiger partial charge in [0.05, 0.1) is 4.75 Å². The second-order valence-electron chi connectivity index (χ2n) is 8.48. The van der Waals surface area contributed by atoms with Gasteiger partial charge < -0.3 is 0 Å². The molecule has 122 valence electrons. The molecule has 0 heterocycles.